The predicted molar refractivity (Wildman–Crippen MR) is 81.5 cm³/mol. The van der Waals surface area contributed by atoms with E-state index in [-0.39, 0.29) is 6.04 Å². The molecule has 19 heavy (non-hydrogen) atoms. The minimum atomic E-state index is -0.790. The van der Waals surface area contributed by atoms with Crippen LogP contribution in [-0.2, 0) is 4.79 Å². The number of carbonyl (C=O) groups is 1. The van der Waals surface area contributed by atoms with Gasteiger partial charge in [0.05, 0.1) is 5.92 Å². The highest BCUT2D eigenvalue weighted by Crippen LogP contribution is 2.30. The molecule has 2 atom stereocenters. The van der Waals surface area contributed by atoms with Gasteiger partial charge in [0.15, 0.2) is 0 Å². The van der Waals surface area contributed by atoms with Crippen molar-refractivity contribution in [3.05, 3.63) is 40.9 Å². The molecular formula is C15H16BrNO2. The topological polar surface area (TPSA) is 49.3 Å². The van der Waals surface area contributed by atoms with Gasteiger partial charge in [-0.05, 0) is 31.4 Å². The van der Waals surface area contributed by atoms with Crippen LogP contribution in [0.4, 0.5) is 5.69 Å². The number of benzene rings is 2. The number of hydrogen-bond acceptors (Lipinski definition) is 2. The highest BCUT2D eigenvalue weighted by molar-refractivity contribution is 9.10. The van der Waals surface area contributed by atoms with Crippen molar-refractivity contribution in [2.75, 3.05) is 5.32 Å². The number of carboxylic acids is 1. The quantitative estimate of drug-likeness (QED) is 0.890. The Morgan fingerprint density at radius 2 is 1.79 bits per heavy atom. The van der Waals surface area contributed by atoms with E-state index >= 15 is 0 Å². The van der Waals surface area contributed by atoms with E-state index in [1.807, 2.05) is 43.3 Å². The molecule has 0 amide bonds. The second kappa shape index (κ2) is 5.61. The normalized spacial score (nSPS) is 14.1. The van der Waals surface area contributed by atoms with Crippen LogP contribution in [0.25, 0.3) is 10.8 Å². The second-order valence-corrected chi connectivity index (χ2v) is 5.55. The van der Waals surface area contributed by atoms with Crippen LogP contribution in [0.15, 0.2) is 40.9 Å². The molecule has 0 aromatic heterocycles. The number of carboxylic acid groups (broad SMARTS) is 1. The Morgan fingerprint density at radius 1 is 1.16 bits per heavy atom. The smallest absolute Gasteiger partial charge is 0.308 e. The van der Waals surface area contributed by atoms with E-state index in [1.54, 1.807) is 6.92 Å². The third-order valence-corrected chi connectivity index (χ3v) is 4.09. The first-order valence-electron chi connectivity index (χ1n) is 6.17. The van der Waals surface area contributed by atoms with Crippen molar-refractivity contribution < 1.29 is 9.90 Å². The van der Waals surface area contributed by atoms with Gasteiger partial charge in [0.1, 0.15) is 0 Å². The van der Waals surface area contributed by atoms with Crippen molar-refractivity contribution in [3.8, 4) is 0 Å². The van der Waals surface area contributed by atoms with E-state index in [0.29, 0.717) is 0 Å². The summed E-state index contributed by atoms with van der Waals surface area (Å²) in [4.78, 5) is 11.0. The van der Waals surface area contributed by atoms with E-state index in [2.05, 4.69) is 21.2 Å². The molecule has 0 fully saturated rings. The minimum Gasteiger partial charge on any atom is -0.481 e. The van der Waals surface area contributed by atoms with Crippen molar-refractivity contribution in [2.45, 2.75) is 19.9 Å². The van der Waals surface area contributed by atoms with Gasteiger partial charge in [0.25, 0.3) is 0 Å². The Balaban J connectivity index is 2.36. The molecule has 2 aromatic carbocycles. The lowest BCUT2D eigenvalue weighted by Crippen LogP contribution is -2.29. The van der Waals surface area contributed by atoms with Crippen LogP contribution in [0.3, 0.4) is 0 Å². The first-order chi connectivity index (χ1) is 9.00. The van der Waals surface area contributed by atoms with Gasteiger partial charge in [-0.25, -0.2) is 0 Å². The summed E-state index contributed by atoms with van der Waals surface area (Å²) in [5.41, 5.74) is 0.958. The number of nitrogens with one attached hydrogen (secondary N) is 1. The lowest BCUT2D eigenvalue weighted by Gasteiger charge is -2.20. The van der Waals surface area contributed by atoms with E-state index in [0.717, 1.165) is 20.9 Å². The van der Waals surface area contributed by atoms with Crippen molar-refractivity contribution in [1.82, 2.24) is 0 Å². The average Bonchev–Trinajstić information content (AvgIpc) is 2.41. The largest absolute Gasteiger partial charge is 0.481 e. The number of rotatable bonds is 4. The molecule has 0 saturated carbocycles. The molecule has 0 aliphatic carbocycles. The third-order valence-electron chi connectivity index (χ3n) is 3.39. The Bertz CT molecular complexity index is 612. The van der Waals surface area contributed by atoms with Gasteiger partial charge in [-0.2, -0.15) is 0 Å². The standard InChI is InChI=1S/C15H16BrNO2/c1-9(15(18)19)10(2)17-14-8-7-13(16)11-5-3-4-6-12(11)14/h3-10,17H,1-2H3,(H,18,19). The number of hydrogen-bond donors (Lipinski definition) is 2. The Kier molecular flexibility index (Phi) is 4.10. The number of anilines is 1. The third kappa shape index (κ3) is 2.89. The van der Waals surface area contributed by atoms with Crippen LogP contribution in [0.5, 0.6) is 0 Å². The molecule has 4 heteroatoms. The monoisotopic (exact) mass is 321 g/mol. The average molecular weight is 322 g/mol. The van der Waals surface area contributed by atoms with E-state index < -0.39 is 11.9 Å². The second-order valence-electron chi connectivity index (χ2n) is 4.70. The van der Waals surface area contributed by atoms with Crippen molar-refractivity contribution in [1.29, 1.82) is 0 Å². The van der Waals surface area contributed by atoms with Gasteiger partial charge in [-0.3, -0.25) is 4.79 Å². The molecule has 0 spiro atoms. The molecule has 0 bridgehead atoms. The van der Waals surface area contributed by atoms with Gasteiger partial charge in [0.2, 0.25) is 0 Å². The van der Waals surface area contributed by atoms with Crippen molar-refractivity contribution in [2.24, 2.45) is 5.92 Å². The fraction of sp³-hybridized carbons (Fsp3) is 0.267. The summed E-state index contributed by atoms with van der Waals surface area (Å²) in [6.07, 6.45) is 0. The summed E-state index contributed by atoms with van der Waals surface area (Å²) in [5.74, 6) is -1.23. The molecule has 0 radical (unpaired) electrons. The number of halogens is 1. The maximum Gasteiger partial charge on any atom is 0.308 e. The van der Waals surface area contributed by atoms with Crippen LogP contribution < -0.4 is 5.32 Å². The zero-order chi connectivity index (χ0) is 14.0. The summed E-state index contributed by atoms with van der Waals surface area (Å²) >= 11 is 3.53. The fourth-order valence-corrected chi connectivity index (χ4v) is 2.45. The molecule has 2 N–H and O–H groups in total. The predicted octanol–water partition coefficient (Wildman–Crippen LogP) is 4.12. The zero-order valence-corrected chi connectivity index (χ0v) is 12.4. The Labute approximate surface area is 120 Å². The van der Waals surface area contributed by atoms with Crippen LogP contribution in [0.2, 0.25) is 0 Å². The summed E-state index contributed by atoms with van der Waals surface area (Å²) in [7, 11) is 0. The maximum atomic E-state index is 11.0. The SMILES string of the molecule is CC(Nc1ccc(Br)c2ccccc12)C(C)C(=O)O. The number of aliphatic carboxylic acids is 1. The number of fused-ring (bicyclic) bond motifs is 1. The van der Waals surface area contributed by atoms with Crippen LogP contribution in [0.1, 0.15) is 13.8 Å². The lowest BCUT2D eigenvalue weighted by molar-refractivity contribution is -0.141. The molecule has 2 unspecified atom stereocenters. The van der Waals surface area contributed by atoms with Crippen LogP contribution >= 0.6 is 15.9 Å². The molecule has 0 heterocycles. The molecule has 100 valence electrons. The Morgan fingerprint density at radius 3 is 2.42 bits per heavy atom. The molecule has 0 aliphatic rings. The van der Waals surface area contributed by atoms with Gasteiger partial charge < -0.3 is 10.4 Å². The van der Waals surface area contributed by atoms with Crippen molar-refractivity contribution >= 4 is 38.4 Å². The van der Waals surface area contributed by atoms with Gasteiger partial charge >= 0.3 is 5.97 Å². The van der Waals surface area contributed by atoms with E-state index in [1.165, 1.54) is 0 Å². The lowest BCUT2D eigenvalue weighted by atomic mass is 10.0. The van der Waals surface area contributed by atoms with Gasteiger partial charge in [-0.15, -0.1) is 0 Å². The van der Waals surface area contributed by atoms with E-state index in [9.17, 15) is 4.79 Å². The summed E-state index contributed by atoms with van der Waals surface area (Å²) in [6, 6.07) is 11.8. The van der Waals surface area contributed by atoms with Crippen LogP contribution in [0, 0.1) is 5.92 Å². The molecule has 0 saturated heterocycles. The maximum absolute atomic E-state index is 11.0. The first-order valence-corrected chi connectivity index (χ1v) is 6.96. The molecule has 2 aromatic rings. The van der Waals surface area contributed by atoms with E-state index in [4.69, 9.17) is 5.11 Å². The summed E-state index contributed by atoms with van der Waals surface area (Å²) in [6.45, 7) is 3.59. The highest BCUT2D eigenvalue weighted by atomic mass is 79.9. The fourth-order valence-electron chi connectivity index (χ4n) is 1.97. The Hall–Kier alpha value is -1.55. The molecular weight excluding hydrogens is 306 g/mol. The zero-order valence-electron chi connectivity index (χ0n) is 10.9. The summed E-state index contributed by atoms with van der Waals surface area (Å²) in [5, 5.41) is 14.5. The van der Waals surface area contributed by atoms with Gasteiger partial charge in [-0.1, -0.05) is 40.2 Å². The highest BCUT2D eigenvalue weighted by Gasteiger charge is 2.19. The molecule has 0 aliphatic heterocycles. The first kappa shape index (κ1) is 13.9. The molecule has 3 nitrogen and oxygen atoms in total. The minimum absolute atomic E-state index is 0.137. The van der Waals surface area contributed by atoms with Crippen LogP contribution in [-0.4, -0.2) is 17.1 Å². The van der Waals surface area contributed by atoms with Crippen molar-refractivity contribution in [3.63, 3.8) is 0 Å². The summed E-state index contributed by atoms with van der Waals surface area (Å²) < 4.78 is 1.03. The van der Waals surface area contributed by atoms with Gasteiger partial charge in [0, 0.05) is 21.6 Å². The molecule has 2 rings (SSSR count).